The van der Waals surface area contributed by atoms with Gasteiger partial charge in [-0.15, -0.1) is 10.2 Å². The molecule has 172 valence electrons. The molecule has 33 heavy (non-hydrogen) atoms. The molecule has 5 rings (SSSR count). The highest BCUT2D eigenvalue weighted by atomic mass is 16.3. The summed E-state index contributed by atoms with van der Waals surface area (Å²) in [6.45, 7) is 8.98. The highest BCUT2D eigenvalue weighted by molar-refractivity contribution is 5.95. The van der Waals surface area contributed by atoms with Crippen molar-refractivity contribution in [2.45, 2.75) is 59.2 Å². The summed E-state index contributed by atoms with van der Waals surface area (Å²) in [6, 6.07) is 17.9. The Hall–Kier alpha value is -2.99. The molecule has 1 saturated heterocycles. The lowest BCUT2D eigenvalue weighted by molar-refractivity contribution is -0.936. The summed E-state index contributed by atoms with van der Waals surface area (Å²) < 4.78 is 1.96. The fourth-order valence-electron chi connectivity index (χ4n) is 6.58. The van der Waals surface area contributed by atoms with E-state index in [0.717, 1.165) is 23.0 Å². The molecular weight excluding hydrogens is 412 g/mol. The van der Waals surface area contributed by atoms with Crippen LogP contribution in [0.2, 0.25) is 0 Å². The van der Waals surface area contributed by atoms with E-state index in [1.807, 2.05) is 59.2 Å². The summed E-state index contributed by atoms with van der Waals surface area (Å²) in [4.78, 5) is 13.9. The van der Waals surface area contributed by atoms with E-state index in [4.69, 9.17) is 0 Å². The van der Waals surface area contributed by atoms with Gasteiger partial charge in [-0.1, -0.05) is 69.3 Å². The molecule has 1 amide bonds. The predicted octanol–water partition coefficient (Wildman–Crippen LogP) is 4.64. The molecule has 1 aliphatic carbocycles. The van der Waals surface area contributed by atoms with Crippen LogP contribution in [0.4, 0.5) is 5.69 Å². The molecule has 0 spiro atoms. The minimum absolute atomic E-state index is 0.0887. The van der Waals surface area contributed by atoms with Crippen LogP contribution < -0.4 is 4.90 Å². The van der Waals surface area contributed by atoms with Gasteiger partial charge >= 0.3 is 0 Å². The minimum atomic E-state index is -0.327. The second-order valence-electron chi connectivity index (χ2n) is 11.1. The van der Waals surface area contributed by atoms with Crippen molar-refractivity contribution in [3.8, 4) is 5.88 Å². The monoisotopic (exact) mass is 445 g/mol. The second-order valence-corrected chi connectivity index (χ2v) is 11.1. The Morgan fingerprint density at radius 2 is 1.82 bits per heavy atom. The van der Waals surface area contributed by atoms with Gasteiger partial charge in [-0.25, -0.2) is 0 Å². The molecule has 0 radical (unpaired) electrons. The summed E-state index contributed by atoms with van der Waals surface area (Å²) in [5.41, 5.74) is 2.91. The third kappa shape index (κ3) is 4.32. The highest BCUT2D eigenvalue weighted by Gasteiger charge is 2.52. The number of aromatic nitrogens is 1. The molecular formula is C27H33N4O2+. The zero-order valence-corrected chi connectivity index (χ0v) is 19.7. The smallest absolute Gasteiger partial charge is 0.269 e. The van der Waals surface area contributed by atoms with Gasteiger partial charge in [0.15, 0.2) is 12.4 Å². The van der Waals surface area contributed by atoms with E-state index in [-0.39, 0.29) is 18.2 Å². The standard InChI is InChI=1S/C27H32N4O2/c1-26(2)14-20-15-27(3,16-26)17-30(20)18-31-22-12-8-7-11-21(22)24(25(31)33)29-28-23(32)13-19-9-5-4-6-10-19/h4-12,20,33H,13-18H2,1-3H3/p+1/t20-,27-/m1/s1. The van der Waals surface area contributed by atoms with Gasteiger partial charge in [-0.2, -0.15) is 0 Å². The Morgan fingerprint density at radius 1 is 1.09 bits per heavy atom. The Balaban J connectivity index is 1.42. The van der Waals surface area contributed by atoms with Crippen LogP contribution in [0.1, 0.15) is 45.6 Å². The van der Waals surface area contributed by atoms with Crippen LogP contribution in [0.15, 0.2) is 64.8 Å². The number of fused-ring (bicyclic) bond motifs is 3. The third-order valence-corrected chi connectivity index (χ3v) is 7.41. The molecule has 2 aliphatic rings. The average Bonchev–Trinajstić information content (AvgIpc) is 3.16. The average molecular weight is 446 g/mol. The van der Waals surface area contributed by atoms with E-state index in [0.29, 0.717) is 29.2 Å². The lowest BCUT2D eigenvalue weighted by Gasteiger charge is -2.37. The number of para-hydroxylation sites is 1. The molecule has 3 aromatic rings. The molecule has 1 unspecified atom stereocenters. The van der Waals surface area contributed by atoms with E-state index >= 15 is 0 Å². The lowest BCUT2D eigenvalue weighted by Crippen LogP contribution is -3.13. The maximum Gasteiger partial charge on any atom is 0.269 e. The highest BCUT2D eigenvalue weighted by Crippen LogP contribution is 2.47. The molecule has 2 bridgehead atoms. The van der Waals surface area contributed by atoms with E-state index < -0.39 is 0 Å². The number of carbonyl (C=O) groups is 1. The number of quaternary nitrogens is 1. The van der Waals surface area contributed by atoms with Crippen LogP contribution in [0, 0.1) is 10.8 Å². The molecule has 6 heteroatoms. The van der Waals surface area contributed by atoms with E-state index in [1.54, 1.807) is 0 Å². The van der Waals surface area contributed by atoms with Crippen LogP contribution >= 0.6 is 0 Å². The first-order chi connectivity index (χ1) is 15.7. The number of azo groups is 1. The predicted molar refractivity (Wildman–Crippen MR) is 129 cm³/mol. The van der Waals surface area contributed by atoms with Crippen molar-refractivity contribution < 1.29 is 14.8 Å². The van der Waals surface area contributed by atoms with Gasteiger partial charge in [0.05, 0.1) is 24.5 Å². The number of nitrogens with one attached hydrogen (secondary N) is 1. The second kappa shape index (κ2) is 8.10. The zero-order chi connectivity index (χ0) is 23.2. The van der Waals surface area contributed by atoms with Crippen molar-refractivity contribution >= 4 is 22.5 Å². The zero-order valence-electron chi connectivity index (χ0n) is 19.7. The summed E-state index contributed by atoms with van der Waals surface area (Å²) in [5, 5.41) is 20.1. The van der Waals surface area contributed by atoms with Gasteiger partial charge in [0.2, 0.25) is 5.88 Å². The van der Waals surface area contributed by atoms with Gasteiger partial charge in [-0.05, 0) is 23.5 Å². The van der Waals surface area contributed by atoms with Crippen molar-refractivity contribution in [1.29, 1.82) is 0 Å². The normalized spacial score (nSPS) is 26.3. The third-order valence-electron chi connectivity index (χ3n) is 7.41. The van der Waals surface area contributed by atoms with Crippen LogP contribution in [-0.2, 0) is 17.9 Å². The van der Waals surface area contributed by atoms with Crippen molar-refractivity contribution in [2.75, 3.05) is 6.54 Å². The number of nitrogens with zero attached hydrogens (tertiary/aromatic N) is 3. The number of aromatic hydroxyl groups is 1. The van der Waals surface area contributed by atoms with Crippen LogP contribution in [0.5, 0.6) is 5.88 Å². The van der Waals surface area contributed by atoms with Crippen LogP contribution in [-0.4, -0.2) is 28.2 Å². The quantitative estimate of drug-likeness (QED) is 0.562. The van der Waals surface area contributed by atoms with Crippen molar-refractivity contribution in [3.05, 3.63) is 60.2 Å². The number of hydrogen-bond donors (Lipinski definition) is 2. The molecule has 2 N–H and O–H groups in total. The van der Waals surface area contributed by atoms with E-state index in [9.17, 15) is 9.90 Å². The Labute approximate surface area is 194 Å². The number of benzene rings is 2. The molecule has 6 nitrogen and oxygen atoms in total. The summed E-state index contributed by atoms with van der Waals surface area (Å²) in [7, 11) is 0. The number of likely N-dealkylation sites (tertiary alicyclic amines) is 1. The fraction of sp³-hybridized carbons (Fsp3) is 0.444. The maximum atomic E-state index is 12.4. The number of rotatable bonds is 5. The van der Waals surface area contributed by atoms with E-state index in [2.05, 4.69) is 31.0 Å². The van der Waals surface area contributed by atoms with Crippen LogP contribution in [0.3, 0.4) is 0 Å². The van der Waals surface area contributed by atoms with Crippen LogP contribution in [0.25, 0.3) is 10.9 Å². The molecule has 1 saturated carbocycles. The lowest BCUT2D eigenvalue weighted by atomic mass is 9.65. The maximum absolute atomic E-state index is 12.4. The summed E-state index contributed by atoms with van der Waals surface area (Å²) in [5.74, 6) is -0.239. The number of amides is 1. The summed E-state index contributed by atoms with van der Waals surface area (Å²) in [6.07, 6.45) is 3.89. The fourth-order valence-corrected chi connectivity index (χ4v) is 6.58. The first kappa shape index (κ1) is 21.8. The first-order valence-corrected chi connectivity index (χ1v) is 11.9. The minimum Gasteiger partial charge on any atom is -0.493 e. The first-order valence-electron chi connectivity index (χ1n) is 11.9. The SMILES string of the molecule is CC1(C)C[C@@H]2C[C@@](C)(C[NH+]2Cn2c(O)c(N=NC(=O)Cc3ccccc3)c3ccccc32)C1. The topological polar surface area (TPSA) is 71.4 Å². The van der Waals surface area contributed by atoms with Gasteiger partial charge in [0.1, 0.15) is 0 Å². The largest absolute Gasteiger partial charge is 0.493 e. The van der Waals surface area contributed by atoms with Gasteiger partial charge < -0.3 is 10.0 Å². The van der Waals surface area contributed by atoms with Gasteiger partial charge in [0, 0.05) is 23.6 Å². The Morgan fingerprint density at radius 3 is 2.61 bits per heavy atom. The van der Waals surface area contributed by atoms with Gasteiger partial charge in [0.25, 0.3) is 5.91 Å². The van der Waals surface area contributed by atoms with Gasteiger partial charge in [-0.3, -0.25) is 9.36 Å². The Kier molecular flexibility index (Phi) is 5.36. The molecule has 1 aliphatic heterocycles. The molecule has 2 aromatic carbocycles. The molecule has 2 heterocycles. The molecule has 3 atom stereocenters. The Bertz CT molecular complexity index is 1210. The van der Waals surface area contributed by atoms with Crippen molar-refractivity contribution in [3.63, 3.8) is 0 Å². The summed E-state index contributed by atoms with van der Waals surface area (Å²) >= 11 is 0. The van der Waals surface area contributed by atoms with Crippen molar-refractivity contribution in [2.24, 2.45) is 21.1 Å². The molecule has 1 aromatic heterocycles. The number of hydrogen-bond acceptors (Lipinski definition) is 3. The van der Waals surface area contributed by atoms with Crippen molar-refractivity contribution in [1.82, 2.24) is 4.57 Å². The molecule has 2 fully saturated rings. The van der Waals surface area contributed by atoms with E-state index in [1.165, 1.54) is 24.2 Å². The number of carbonyl (C=O) groups excluding carboxylic acids is 1.